The number of primary amides is 1. The second-order valence-electron chi connectivity index (χ2n) is 3.02. The number of methoxy groups -OCH3 is 1. The fourth-order valence-electron chi connectivity index (χ4n) is 0.816. The number of hydrogen-bond acceptors (Lipinski definition) is 3. The molecule has 1 amide bonds. The Morgan fingerprint density at radius 3 is 2.25 bits per heavy atom. The van der Waals surface area contributed by atoms with Gasteiger partial charge in [-0.25, -0.2) is 0 Å². The monoisotopic (exact) mass is 174 g/mol. The van der Waals surface area contributed by atoms with Gasteiger partial charge in [-0.1, -0.05) is 0 Å². The molecule has 0 aromatic heterocycles. The minimum Gasteiger partial charge on any atom is -0.380 e. The minimum atomic E-state index is -0.342. The summed E-state index contributed by atoms with van der Waals surface area (Å²) < 4.78 is 5.08. The molecule has 3 atom stereocenters. The Kier molecular flexibility index (Phi) is 4.85. The average molecular weight is 174 g/mol. The second kappa shape index (κ2) is 5.11. The quantitative estimate of drug-likeness (QED) is 0.610. The molecule has 0 fully saturated rings. The molecule has 12 heavy (non-hydrogen) atoms. The van der Waals surface area contributed by atoms with Gasteiger partial charge in [-0.3, -0.25) is 4.79 Å². The SMILES string of the molecule is COC(C)C(C)NC(C)C(N)=O. The first-order valence-electron chi connectivity index (χ1n) is 4.07. The van der Waals surface area contributed by atoms with Crippen molar-refractivity contribution in [3.63, 3.8) is 0 Å². The van der Waals surface area contributed by atoms with E-state index in [1.165, 1.54) is 0 Å². The van der Waals surface area contributed by atoms with Gasteiger partial charge >= 0.3 is 0 Å². The van der Waals surface area contributed by atoms with Gasteiger partial charge in [0.25, 0.3) is 0 Å². The Labute approximate surface area is 73.5 Å². The van der Waals surface area contributed by atoms with E-state index in [1.54, 1.807) is 14.0 Å². The zero-order valence-corrected chi connectivity index (χ0v) is 8.13. The van der Waals surface area contributed by atoms with Crippen LogP contribution in [0.1, 0.15) is 20.8 Å². The molecule has 0 aliphatic heterocycles. The summed E-state index contributed by atoms with van der Waals surface area (Å²) in [6.07, 6.45) is 0.0757. The van der Waals surface area contributed by atoms with Crippen molar-refractivity contribution in [3.8, 4) is 0 Å². The smallest absolute Gasteiger partial charge is 0.234 e. The van der Waals surface area contributed by atoms with Crippen LogP contribution in [-0.2, 0) is 9.53 Å². The summed E-state index contributed by atoms with van der Waals surface area (Å²) in [5.74, 6) is -0.342. The zero-order valence-electron chi connectivity index (χ0n) is 8.13. The molecule has 3 unspecified atom stereocenters. The summed E-state index contributed by atoms with van der Waals surface area (Å²) in [4.78, 5) is 10.7. The van der Waals surface area contributed by atoms with E-state index in [4.69, 9.17) is 10.5 Å². The normalized spacial score (nSPS) is 18.3. The number of ether oxygens (including phenoxy) is 1. The maximum atomic E-state index is 10.7. The van der Waals surface area contributed by atoms with Gasteiger partial charge in [-0.05, 0) is 20.8 Å². The summed E-state index contributed by atoms with van der Waals surface area (Å²) in [5, 5.41) is 3.03. The molecule has 0 aromatic carbocycles. The molecule has 0 aromatic rings. The van der Waals surface area contributed by atoms with Gasteiger partial charge in [-0.2, -0.15) is 0 Å². The highest BCUT2D eigenvalue weighted by molar-refractivity contribution is 5.79. The number of hydrogen-bond donors (Lipinski definition) is 2. The zero-order chi connectivity index (χ0) is 9.72. The molecule has 0 radical (unpaired) electrons. The molecule has 0 saturated heterocycles. The van der Waals surface area contributed by atoms with Gasteiger partial charge in [0.05, 0.1) is 12.1 Å². The molecule has 4 heteroatoms. The number of nitrogens with one attached hydrogen (secondary N) is 1. The molecule has 0 rings (SSSR count). The van der Waals surface area contributed by atoms with E-state index in [0.717, 1.165) is 0 Å². The molecule has 0 saturated carbocycles. The first-order chi connectivity index (χ1) is 5.49. The van der Waals surface area contributed by atoms with Crippen molar-refractivity contribution in [1.29, 1.82) is 0 Å². The van der Waals surface area contributed by atoms with Crippen molar-refractivity contribution in [2.24, 2.45) is 5.73 Å². The fraction of sp³-hybridized carbons (Fsp3) is 0.875. The van der Waals surface area contributed by atoms with Crippen molar-refractivity contribution in [3.05, 3.63) is 0 Å². The largest absolute Gasteiger partial charge is 0.380 e. The molecular weight excluding hydrogens is 156 g/mol. The third kappa shape index (κ3) is 3.69. The van der Waals surface area contributed by atoms with Crippen LogP contribution in [0.2, 0.25) is 0 Å². The van der Waals surface area contributed by atoms with Crippen LogP contribution < -0.4 is 11.1 Å². The van der Waals surface area contributed by atoms with Gasteiger partial charge in [-0.15, -0.1) is 0 Å². The number of carbonyl (C=O) groups is 1. The molecule has 0 aliphatic carbocycles. The topological polar surface area (TPSA) is 64.3 Å². The van der Waals surface area contributed by atoms with Crippen molar-refractivity contribution in [2.45, 2.75) is 39.0 Å². The molecular formula is C8H18N2O2. The summed E-state index contributed by atoms with van der Waals surface area (Å²) >= 11 is 0. The van der Waals surface area contributed by atoms with Gasteiger partial charge in [0.15, 0.2) is 0 Å². The minimum absolute atomic E-state index is 0.0757. The van der Waals surface area contributed by atoms with E-state index in [0.29, 0.717) is 0 Å². The predicted octanol–water partition coefficient (Wildman–Crippen LogP) is -0.127. The van der Waals surface area contributed by atoms with Crippen LogP contribution in [-0.4, -0.2) is 31.2 Å². The maximum absolute atomic E-state index is 10.7. The molecule has 0 aliphatic rings. The number of amides is 1. The number of rotatable bonds is 5. The van der Waals surface area contributed by atoms with Crippen LogP contribution in [0.4, 0.5) is 0 Å². The van der Waals surface area contributed by atoms with Crippen LogP contribution >= 0.6 is 0 Å². The highest BCUT2D eigenvalue weighted by Gasteiger charge is 2.16. The van der Waals surface area contributed by atoms with Gasteiger partial charge in [0, 0.05) is 13.2 Å². The lowest BCUT2D eigenvalue weighted by molar-refractivity contribution is -0.120. The summed E-state index contributed by atoms with van der Waals surface area (Å²) in [5.41, 5.74) is 5.08. The Morgan fingerprint density at radius 2 is 1.92 bits per heavy atom. The molecule has 3 N–H and O–H groups in total. The van der Waals surface area contributed by atoms with E-state index in [2.05, 4.69) is 5.32 Å². The van der Waals surface area contributed by atoms with E-state index >= 15 is 0 Å². The Bertz CT molecular complexity index is 150. The maximum Gasteiger partial charge on any atom is 0.234 e. The highest BCUT2D eigenvalue weighted by Crippen LogP contribution is 1.97. The first kappa shape index (κ1) is 11.4. The van der Waals surface area contributed by atoms with E-state index < -0.39 is 0 Å². The number of carbonyl (C=O) groups excluding carboxylic acids is 1. The standard InChI is InChI=1S/C8H18N2O2/c1-5(7(3)12-4)10-6(2)8(9)11/h5-7,10H,1-4H3,(H2,9,11). The Hall–Kier alpha value is -0.610. The van der Waals surface area contributed by atoms with Gasteiger partial charge in [0.1, 0.15) is 0 Å². The van der Waals surface area contributed by atoms with Crippen molar-refractivity contribution in [1.82, 2.24) is 5.32 Å². The van der Waals surface area contributed by atoms with Crippen LogP contribution in [0, 0.1) is 0 Å². The van der Waals surface area contributed by atoms with E-state index in [-0.39, 0.29) is 24.1 Å². The van der Waals surface area contributed by atoms with Crippen molar-refractivity contribution in [2.75, 3.05) is 7.11 Å². The second-order valence-corrected chi connectivity index (χ2v) is 3.02. The van der Waals surface area contributed by atoms with Crippen LogP contribution in [0.5, 0.6) is 0 Å². The first-order valence-corrected chi connectivity index (χ1v) is 4.07. The van der Waals surface area contributed by atoms with Crippen molar-refractivity contribution >= 4 is 5.91 Å². The van der Waals surface area contributed by atoms with Crippen molar-refractivity contribution < 1.29 is 9.53 Å². The summed E-state index contributed by atoms with van der Waals surface area (Å²) in [7, 11) is 1.64. The van der Waals surface area contributed by atoms with Crippen LogP contribution in [0.25, 0.3) is 0 Å². The molecule has 0 bridgehead atoms. The average Bonchev–Trinajstić information content (AvgIpc) is 2.02. The number of nitrogens with two attached hydrogens (primary N) is 1. The third-order valence-corrected chi connectivity index (χ3v) is 2.02. The lowest BCUT2D eigenvalue weighted by Gasteiger charge is -2.22. The molecule has 4 nitrogen and oxygen atoms in total. The van der Waals surface area contributed by atoms with Crippen LogP contribution in [0.15, 0.2) is 0 Å². The molecule has 72 valence electrons. The van der Waals surface area contributed by atoms with Crippen LogP contribution in [0.3, 0.4) is 0 Å². The summed E-state index contributed by atoms with van der Waals surface area (Å²) in [6.45, 7) is 5.63. The van der Waals surface area contributed by atoms with Gasteiger partial charge in [0.2, 0.25) is 5.91 Å². The lowest BCUT2D eigenvalue weighted by atomic mass is 10.2. The predicted molar refractivity (Wildman–Crippen MR) is 47.7 cm³/mol. The van der Waals surface area contributed by atoms with E-state index in [1.807, 2.05) is 13.8 Å². The van der Waals surface area contributed by atoms with E-state index in [9.17, 15) is 4.79 Å². The lowest BCUT2D eigenvalue weighted by Crippen LogP contribution is -2.47. The van der Waals surface area contributed by atoms with Gasteiger partial charge < -0.3 is 15.8 Å². The fourth-order valence-corrected chi connectivity index (χ4v) is 0.816. The molecule has 0 heterocycles. The summed E-state index contributed by atoms with van der Waals surface area (Å²) in [6, 6.07) is -0.185. The third-order valence-electron chi connectivity index (χ3n) is 2.02. The Morgan fingerprint density at radius 1 is 1.42 bits per heavy atom. The molecule has 0 spiro atoms. The Balaban J connectivity index is 3.83. The highest BCUT2D eigenvalue weighted by atomic mass is 16.5.